The first-order chi connectivity index (χ1) is 11.3. The molecule has 7 nitrogen and oxygen atoms in total. The van der Waals surface area contributed by atoms with Crippen molar-refractivity contribution in [1.82, 2.24) is 0 Å². The van der Waals surface area contributed by atoms with Crippen LogP contribution in [0.3, 0.4) is 0 Å². The molecule has 0 spiro atoms. The van der Waals surface area contributed by atoms with E-state index < -0.39 is 31.3 Å². The van der Waals surface area contributed by atoms with Crippen molar-refractivity contribution in [1.29, 1.82) is 0 Å². The van der Waals surface area contributed by atoms with E-state index in [1.54, 1.807) is 0 Å². The van der Waals surface area contributed by atoms with E-state index in [4.69, 9.17) is 4.74 Å². The maximum Gasteiger partial charge on any atom is 0.293 e. The van der Waals surface area contributed by atoms with Gasteiger partial charge in [0.25, 0.3) is 15.7 Å². The summed E-state index contributed by atoms with van der Waals surface area (Å²) in [6.45, 7) is 0.101. The highest BCUT2D eigenvalue weighted by atomic mass is 32.2. The van der Waals surface area contributed by atoms with E-state index in [2.05, 4.69) is 0 Å². The van der Waals surface area contributed by atoms with E-state index in [1.807, 2.05) is 0 Å². The molecule has 3 rings (SSSR count). The highest BCUT2D eigenvalue weighted by molar-refractivity contribution is 7.93. The van der Waals surface area contributed by atoms with Gasteiger partial charge in [-0.1, -0.05) is 6.07 Å². The molecule has 9 heteroatoms. The van der Waals surface area contributed by atoms with Gasteiger partial charge in [-0.2, -0.15) is 0 Å². The number of hydrogen-bond donors (Lipinski definition) is 0. The van der Waals surface area contributed by atoms with E-state index in [-0.39, 0.29) is 18.0 Å². The molecule has 0 saturated heterocycles. The average Bonchev–Trinajstić information content (AvgIpc) is 2.97. The van der Waals surface area contributed by atoms with Crippen LogP contribution in [0, 0.1) is 15.9 Å². The Morgan fingerprint density at radius 3 is 2.67 bits per heavy atom. The molecule has 0 N–H and O–H groups in total. The Morgan fingerprint density at radius 1 is 1.25 bits per heavy atom. The molecule has 0 saturated carbocycles. The van der Waals surface area contributed by atoms with Gasteiger partial charge < -0.3 is 4.74 Å². The van der Waals surface area contributed by atoms with Gasteiger partial charge in [0.15, 0.2) is 4.90 Å². The predicted molar refractivity (Wildman–Crippen MR) is 84.3 cm³/mol. The smallest absolute Gasteiger partial charge is 0.293 e. The van der Waals surface area contributed by atoms with Crippen LogP contribution in [0.25, 0.3) is 0 Å². The second-order valence-electron chi connectivity index (χ2n) is 5.19. The number of fused-ring (bicyclic) bond motifs is 1. The summed E-state index contributed by atoms with van der Waals surface area (Å²) >= 11 is 0. The van der Waals surface area contributed by atoms with Gasteiger partial charge in [0.2, 0.25) is 0 Å². The zero-order chi connectivity index (χ0) is 17.5. The number of rotatable bonds is 4. The van der Waals surface area contributed by atoms with Gasteiger partial charge in [0, 0.05) is 6.54 Å². The zero-order valence-electron chi connectivity index (χ0n) is 12.6. The van der Waals surface area contributed by atoms with Crippen LogP contribution in [0.4, 0.5) is 15.8 Å². The SMILES string of the molecule is COc1ccc(S(=O)(=O)N2CCc3ccc(F)cc32)c([N+](=O)[O-])c1. The van der Waals surface area contributed by atoms with Gasteiger partial charge in [-0.05, 0) is 36.2 Å². The van der Waals surface area contributed by atoms with Crippen molar-refractivity contribution >= 4 is 21.4 Å². The Kier molecular flexibility index (Phi) is 3.88. The minimum atomic E-state index is -4.20. The third-order valence-electron chi connectivity index (χ3n) is 3.83. The van der Waals surface area contributed by atoms with Crippen LogP contribution >= 0.6 is 0 Å². The summed E-state index contributed by atoms with van der Waals surface area (Å²) in [7, 11) is -2.87. The third-order valence-corrected chi connectivity index (χ3v) is 5.69. The van der Waals surface area contributed by atoms with Gasteiger partial charge in [-0.25, -0.2) is 12.8 Å². The van der Waals surface area contributed by atoms with Crippen LogP contribution in [-0.4, -0.2) is 27.0 Å². The van der Waals surface area contributed by atoms with Gasteiger partial charge >= 0.3 is 0 Å². The van der Waals surface area contributed by atoms with Gasteiger partial charge in [-0.15, -0.1) is 0 Å². The molecule has 2 aromatic rings. The molecule has 1 heterocycles. The number of ether oxygens (including phenoxy) is 1. The molecule has 126 valence electrons. The Hall–Kier alpha value is -2.68. The molecule has 0 aliphatic carbocycles. The Bertz CT molecular complexity index is 929. The molecule has 0 fully saturated rings. The van der Waals surface area contributed by atoms with Crippen LogP contribution in [0.5, 0.6) is 5.75 Å². The van der Waals surface area contributed by atoms with Gasteiger partial charge in [-0.3, -0.25) is 14.4 Å². The first kappa shape index (κ1) is 16.2. The number of nitro groups is 1. The quantitative estimate of drug-likeness (QED) is 0.623. The number of nitrogens with zero attached hydrogens (tertiary/aromatic N) is 2. The fourth-order valence-electron chi connectivity index (χ4n) is 2.68. The summed E-state index contributed by atoms with van der Waals surface area (Å²) in [5.41, 5.74) is 0.301. The van der Waals surface area contributed by atoms with Crippen molar-refractivity contribution in [3.63, 3.8) is 0 Å². The van der Waals surface area contributed by atoms with Crippen molar-refractivity contribution in [2.24, 2.45) is 0 Å². The molecule has 1 aliphatic heterocycles. The van der Waals surface area contributed by atoms with E-state index >= 15 is 0 Å². The molecule has 0 aromatic heterocycles. The number of methoxy groups -OCH3 is 1. The van der Waals surface area contributed by atoms with Gasteiger partial charge in [0.1, 0.15) is 11.6 Å². The predicted octanol–water partition coefficient (Wildman–Crippen LogP) is 2.49. The van der Waals surface area contributed by atoms with E-state index in [0.717, 1.165) is 22.5 Å². The van der Waals surface area contributed by atoms with Crippen LogP contribution in [-0.2, 0) is 16.4 Å². The van der Waals surface area contributed by atoms with Gasteiger partial charge in [0.05, 0.1) is 23.8 Å². The Balaban J connectivity index is 2.14. The van der Waals surface area contributed by atoms with Crippen molar-refractivity contribution in [3.05, 3.63) is 57.9 Å². The molecular formula is C15H13FN2O5S. The maximum atomic E-state index is 13.5. The van der Waals surface area contributed by atoms with Crippen molar-refractivity contribution in [2.75, 3.05) is 18.0 Å². The summed E-state index contributed by atoms with van der Waals surface area (Å²) in [6.07, 6.45) is 0.415. The van der Waals surface area contributed by atoms with Crippen LogP contribution in [0.15, 0.2) is 41.3 Å². The number of benzene rings is 2. The Labute approximate surface area is 137 Å². The summed E-state index contributed by atoms with van der Waals surface area (Å²) in [6, 6.07) is 7.41. The molecule has 2 aromatic carbocycles. The lowest BCUT2D eigenvalue weighted by Crippen LogP contribution is -2.29. The summed E-state index contributed by atoms with van der Waals surface area (Å²) < 4.78 is 45.2. The largest absolute Gasteiger partial charge is 0.497 e. The zero-order valence-corrected chi connectivity index (χ0v) is 13.4. The van der Waals surface area contributed by atoms with E-state index in [1.165, 1.54) is 25.3 Å². The highest BCUT2D eigenvalue weighted by Gasteiger charge is 2.36. The van der Waals surface area contributed by atoms with Crippen LogP contribution < -0.4 is 9.04 Å². The van der Waals surface area contributed by atoms with Crippen molar-refractivity contribution < 1.29 is 22.5 Å². The Morgan fingerprint density at radius 2 is 2.00 bits per heavy atom. The van der Waals surface area contributed by atoms with Crippen molar-refractivity contribution in [3.8, 4) is 5.75 Å². The first-order valence-corrected chi connectivity index (χ1v) is 8.42. The number of anilines is 1. The molecule has 1 aliphatic rings. The summed E-state index contributed by atoms with van der Waals surface area (Å²) in [5, 5.41) is 11.3. The fraction of sp³-hybridized carbons (Fsp3) is 0.200. The van der Waals surface area contributed by atoms with Crippen molar-refractivity contribution in [2.45, 2.75) is 11.3 Å². The first-order valence-electron chi connectivity index (χ1n) is 6.98. The monoisotopic (exact) mass is 352 g/mol. The normalized spacial score (nSPS) is 13.7. The molecule has 0 bridgehead atoms. The summed E-state index contributed by atoms with van der Waals surface area (Å²) in [5.74, 6) is -0.395. The fourth-order valence-corrected chi connectivity index (χ4v) is 4.31. The van der Waals surface area contributed by atoms with Crippen LogP contribution in [0.1, 0.15) is 5.56 Å². The van der Waals surface area contributed by atoms with E-state index in [0.29, 0.717) is 12.0 Å². The van der Waals surface area contributed by atoms with E-state index in [9.17, 15) is 22.9 Å². The second-order valence-corrected chi connectivity index (χ2v) is 7.02. The molecular weight excluding hydrogens is 339 g/mol. The molecule has 24 heavy (non-hydrogen) atoms. The minimum absolute atomic E-state index is 0.101. The minimum Gasteiger partial charge on any atom is -0.497 e. The molecule has 0 unspecified atom stereocenters. The number of sulfonamides is 1. The highest BCUT2D eigenvalue weighted by Crippen LogP contribution is 2.37. The number of hydrogen-bond acceptors (Lipinski definition) is 5. The lowest BCUT2D eigenvalue weighted by atomic mass is 10.2. The number of nitro benzene ring substituents is 1. The lowest BCUT2D eigenvalue weighted by molar-refractivity contribution is -0.387. The average molecular weight is 352 g/mol. The summed E-state index contributed by atoms with van der Waals surface area (Å²) in [4.78, 5) is 10.0. The molecule has 0 atom stereocenters. The molecule has 0 amide bonds. The number of halogens is 1. The third kappa shape index (κ3) is 2.56. The maximum absolute atomic E-state index is 13.5. The topological polar surface area (TPSA) is 89.8 Å². The molecule has 0 radical (unpaired) electrons. The standard InChI is InChI=1S/C15H13FN2O5S/c1-23-12-4-5-15(14(9-12)18(19)20)24(21,22)17-7-6-10-2-3-11(16)8-13(10)17/h2-5,8-9H,6-7H2,1H3. The second kappa shape index (κ2) is 5.75. The van der Waals surface area contributed by atoms with Crippen LogP contribution in [0.2, 0.25) is 0 Å². The lowest BCUT2D eigenvalue weighted by Gasteiger charge is -2.19.